The number of hydrogen-bond acceptors (Lipinski definition) is 5. The van der Waals surface area contributed by atoms with Crippen molar-refractivity contribution in [2.45, 2.75) is 13.8 Å². The van der Waals surface area contributed by atoms with Crippen LogP contribution in [0.4, 0.5) is 0 Å². The average Bonchev–Trinajstić information content (AvgIpc) is 2.45. The summed E-state index contributed by atoms with van der Waals surface area (Å²) in [6.07, 6.45) is 3.09. The Morgan fingerprint density at radius 3 is 2.43 bits per heavy atom. The third kappa shape index (κ3) is 3.21. The lowest BCUT2D eigenvalue weighted by Crippen LogP contribution is -2.48. The van der Waals surface area contributed by atoms with E-state index in [1.165, 1.54) is 0 Å². The van der Waals surface area contributed by atoms with Gasteiger partial charge in [-0.25, -0.2) is 4.99 Å². The summed E-state index contributed by atoms with van der Waals surface area (Å²) in [7, 11) is 3.92. The number of likely N-dealkylation sites (N-methyl/N-ethyl adjacent to an activating group) is 1. The van der Waals surface area contributed by atoms with Crippen molar-refractivity contribution in [2.75, 3.05) is 40.3 Å². The summed E-state index contributed by atoms with van der Waals surface area (Å²) in [5, 5.41) is 7.65. The molecule has 0 unspecified atom stereocenters. The molecule has 1 fully saturated rings. The number of carbonyl (C=O) groups is 1. The zero-order valence-electron chi connectivity index (χ0n) is 13.2. The Labute approximate surface area is 125 Å². The number of allylic oxidation sites excluding steroid dienone is 2. The van der Waals surface area contributed by atoms with Gasteiger partial charge < -0.3 is 20.1 Å². The lowest BCUT2D eigenvalue weighted by atomic mass is 10.1. The van der Waals surface area contributed by atoms with Gasteiger partial charge in [-0.05, 0) is 27.0 Å². The molecular formula is C15H23N5O. The Kier molecular flexibility index (Phi) is 4.57. The second-order valence-corrected chi connectivity index (χ2v) is 5.58. The fourth-order valence-electron chi connectivity index (χ4n) is 2.48. The summed E-state index contributed by atoms with van der Waals surface area (Å²) >= 11 is 0. The SMILES string of the molecule is CC1=CC(C)=N/C(=C(/C=N)C(=O)N2CCN(C)CC2)N1C. The molecule has 2 aliphatic rings. The van der Waals surface area contributed by atoms with Crippen LogP contribution in [0.5, 0.6) is 0 Å². The fraction of sp³-hybridized carbons (Fsp3) is 0.533. The van der Waals surface area contributed by atoms with Gasteiger partial charge in [0.25, 0.3) is 5.91 Å². The highest BCUT2D eigenvalue weighted by atomic mass is 16.2. The van der Waals surface area contributed by atoms with Gasteiger partial charge in [0, 0.05) is 50.9 Å². The highest BCUT2D eigenvalue weighted by molar-refractivity contribution is 6.12. The first-order valence-electron chi connectivity index (χ1n) is 7.14. The fourth-order valence-corrected chi connectivity index (χ4v) is 2.48. The van der Waals surface area contributed by atoms with Gasteiger partial charge in [-0.2, -0.15) is 0 Å². The van der Waals surface area contributed by atoms with E-state index in [9.17, 15) is 4.79 Å². The van der Waals surface area contributed by atoms with Gasteiger partial charge in [-0.15, -0.1) is 0 Å². The van der Waals surface area contributed by atoms with Crippen LogP contribution in [0.15, 0.2) is 28.2 Å². The molecule has 2 aliphatic heterocycles. The number of hydrogen-bond donors (Lipinski definition) is 1. The first-order valence-corrected chi connectivity index (χ1v) is 7.14. The Morgan fingerprint density at radius 1 is 1.24 bits per heavy atom. The topological polar surface area (TPSA) is 63.0 Å². The van der Waals surface area contributed by atoms with Crippen LogP contribution in [0.1, 0.15) is 13.8 Å². The van der Waals surface area contributed by atoms with Gasteiger partial charge in [-0.1, -0.05) is 0 Å². The van der Waals surface area contributed by atoms with Crippen LogP contribution in [-0.4, -0.2) is 72.8 Å². The molecule has 1 amide bonds. The maximum absolute atomic E-state index is 12.7. The molecule has 1 saturated heterocycles. The van der Waals surface area contributed by atoms with Crippen LogP contribution in [-0.2, 0) is 4.79 Å². The zero-order chi connectivity index (χ0) is 15.6. The average molecular weight is 289 g/mol. The summed E-state index contributed by atoms with van der Waals surface area (Å²) in [6, 6.07) is 0. The smallest absolute Gasteiger partial charge is 0.259 e. The molecule has 0 spiro atoms. The lowest BCUT2D eigenvalue weighted by molar-refractivity contribution is -0.128. The predicted molar refractivity (Wildman–Crippen MR) is 84.5 cm³/mol. The number of piperazine rings is 1. The highest BCUT2D eigenvalue weighted by Gasteiger charge is 2.26. The van der Waals surface area contributed by atoms with Crippen LogP contribution in [0.2, 0.25) is 0 Å². The molecular weight excluding hydrogens is 266 g/mol. The zero-order valence-corrected chi connectivity index (χ0v) is 13.2. The number of aliphatic imine (C=N–C) groups is 1. The van der Waals surface area contributed by atoms with E-state index in [1.807, 2.05) is 31.9 Å². The standard InChI is InChI=1S/C15H23N5O/c1-11-9-12(2)19(4)14(17-11)13(10-16)15(21)20-7-5-18(3)6-8-20/h9-10,16H,5-8H2,1-4H3/b14-13+,16-10?. The van der Waals surface area contributed by atoms with Crippen molar-refractivity contribution >= 4 is 17.8 Å². The molecule has 114 valence electrons. The molecule has 6 heteroatoms. The molecule has 0 aromatic rings. The maximum Gasteiger partial charge on any atom is 0.259 e. The third-order valence-corrected chi connectivity index (χ3v) is 3.95. The Balaban J connectivity index is 2.30. The van der Waals surface area contributed by atoms with E-state index in [1.54, 1.807) is 4.90 Å². The van der Waals surface area contributed by atoms with Gasteiger partial charge in [0.1, 0.15) is 5.82 Å². The van der Waals surface area contributed by atoms with Gasteiger partial charge >= 0.3 is 0 Å². The lowest BCUT2D eigenvalue weighted by Gasteiger charge is -2.33. The molecule has 0 bridgehead atoms. The molecule has 2 heterocycles. The van der Waals surface area contributed by atoms with Crippen LogP contribution in [0.25, 0.3) is 0 Å². The van der Waals surface area contributed by atoms with Crippen LogP contribution < -0.4 is 0 Å². The van der Waals surface area contributed by atoms with Crippen LogP contribution in [0.3, 0.4) is 0 Å². The molecule has 0 radical (unpaired) electrons. The largest absolute Gasteiger partial charge is 0.336 e. The van der Waals surface area contributed by atoms with E-state index in [0.717, 1.165) is 30.7 Å². The second-order valence-electron chi connectivity index (χ2n) is 5.58. The first-order chi connectivity index (χ1) is 9.93. The van der Waals surface area contributed by atoms with Gasteiger partial charge in [0.05, 0.1) is 5.57 Å². The minimum atomic E-state index is -0.105. The second kappa shape index (κ2) is 6.22. The molecule has 0 aromatic heterocycles. The van der Waals surface area contributed by atoms with Crippen molar-refractivity contribution in [2.24, 2.45) is 4.99 Å². The molecule has 0 aliphatic carbocycles. The molecule has 21 heavy (non-hydrogen) atoms. The molecule has 6 nitrogen and oxygen atoms in total. The molecule has 0 atom stereocenters. The quantitative estimate of drug-likeness (QED) is 0.607. The minimum absolute atomic E-state index is 0.105. The van der Waals surface area contributed by atoms with Gasteiger partial charge in [-0.3, -0.25) is 4.79 Å². The summed E-state index contributed by atoms with van der Waals surface area (Å²) in [5.41, 5.74) is 2.23. The molecule has 1 N–H and O–H groups in total. The third-order valence-electron chi connectivity index (χ3n) is 3.95. The minimum Gasteiger partial charge on any atom is -0.336 e. The monoisotopic (exact) mass is 289 g/mol. The Bertz CT molecular complexity index is 538. The van der Waals surface area contributed by atoms with E-state index >= 15 is 0 Å². The highest BCUT2D eigenvalue weighted by Crippen LogP contribution is 2.21. The van der Waals surface area contributed by atoms with E-state index in [2.05, 4.69) is 16.9 Å². The Hall–Kier alpha value is -1.95. The number of rotatable bonds is 2. The van der Waals surface area contributed by atoms with E-state index in [0.29, 0.717) is 24.5 Å². The first kappa shape index (κ1) is 15.4. The number of nitrogens with one attached hydrogen (secondary N) is 1. The number of amides is 1. The van der Waals surface area contributed by atoms with Crippen LogP contribution >= 0.6 is 0 Å². The van der Waals surface area contributed by atoms with Crippen molar-refractivity contribution in [3.63, 3.8) is 0 Å². The number of nitrogens with zero attached hydrogens (tertiary/aromatic N) is 4. The maximum atomic E-state index is 12.7. The Morgan fingerprint density at radius 2 is 1.86 bits per heavy atom. The van der Waals surface area contributed by atoms with Crippen molar-refractivity contribution in [3.8, 4) is 0 Å². The molecule has 0 aromatic carbocycles. The summed E-state index contributed by atoms with van der Waals surface area (Å²) < 4.78 is 0. The van der Waals surface area contributed by atoms with E-state index < -0.39 is 0 Å². The van der Waals surface area contributed by atoms with E-state index in [4.69, 9.17) is 5.41 Å². The summed E-state index contributed by atoms with van der Waals surface area (Å²) in [4.78, 5) is 23.0. The predicted octanol–water partition coefficient (Wildman–Crippen LogP) is 0.932. The van der Waals surface area contributed by atoms with Crippen molar-refractivity contribution in [1.29, 1.82) is 5.41 Å². The van der Waals surface area contributed by atoms with Gasteiger partial charge in [0.15, 0.2) is 0 Å². The van der Waals surface area contributed by atoms with E-state index in [-0.39, 0.29) is 5.91 Å². The van der Waals surface area contributed by atoms with Crippen molar-refractivity contribution in [3.05, 3.63) is 23.2 Å². The molecule has 0 saturated carbocycles. The van der Waals surface area contributed by atoms with Crippen LogP contribution in [0, 0.1) is 5.41 Å². The van der Waals surface area contributed by atoms with Gasteiger partial charge in [0.2, 0.25) is 0 Å². The van der Waals surface area contributed by atoms with Crippen molar-refractivity contribution in [1.82, 2.24) is 14.7 Å². The normalized spacial score (nSPS) is 22.7. The summed E-state index contributed by atoms with van der Waals surface area (Å²) in [6.45, 7) is 6.99. The summed E-state index contributed by atoms with van der Waals surface area (Å²) in [5.74, 6) is 0.456. The number of carbonyl (C=O) groups excluding carboxylic acids is 1. The molecule has 2 rings (SSSR count). The van der Waals surface area contributed by atoms with Crippen molar-refractivity contribution < 1.29 is 4.79 Å².